The molecule has 2 heterocycles. The number of hydrogen-bond acceptors (Lipinski definition) is 3. The van der Waals surface area contributed by atoms with Crippen molar-refractivity contribution in [1.29, 1.82) is 0 Å². The van der Waals surface area contributed by atoms with Crippen LogP contribution in [0.2, 0.25) is 0 Å². The number of hydrogen-bond donors (Lipinski definition) is 1. The van der Waals surface area contributed by atoms with Crippen LogP contribution in [0, 0.1) is 5.92 Å². The lowest BCUT2D eigenvalue weighted by Crippen LogP contribution is -2.50. The van der Waals surface area contributed by atoms with Crippen LogP contribution in [0.4, 0.5) is 0 Å². The van der Waals surface area contributed by atoms with Gasteiger partial charge in [0.15, 0.2) is 0 Å². The zero-order chi connectivity index (χ0) is 14.2. The summed E-state index contributed by atoms with van der Waals surface area (Å²) in [4.78, 5) is 0. The molecule has 3 nitrogen and oxygen atoms in total. The first-order valence-corrected chi connectivity index (χ1v) is 8.08. The first-order chi connectivity index (χ1) is 9.54. The highest BCUT2D eigenvalue weighted by molar-refractivity contribution is 9.10. The lowest BCUT2D eigenvalue weighted by molar-refractivity contribution is -0.109. The number of nitrogens with two attached hydrogens (primary N) is 1. The SMILES string of the molecule is CC(N)(c1ccccc1Br)C1CCOC2(CCOC2)C1. The second-order valence-electron chi connectivity index (χ2n) is 6.29. The molecule has 110 valence electrons. The van der Waals surface area contributed by atoms with Gasteiger partial charge in [-0.3, -0.25) is 0 Å². The molecule has 0 radical (unpaired) electrons. The van der Waals surface area contributed by atoms with Crippen molar-refractivity contribution in [2.75, 3.05) is 19.8 Å². The molecule has 2 fully saturated rings. The van der Waals surface area contributed by atoms with E-state index < -0.39 is 0 Å². The summed E-state index contributed by atoms with van der Waals surface area (Å²) in [5.41, 5.74) is 7.48. The lowest BCUT2D eigenvalue weighted by atomic mass is 9.71. The normalized spacial score (nSPS) is 33.2. The summed E-state index contributed by atoms with van der Waals surface area (Å²) in [7, 11) is 0. The van der Waals surface area contributed by atoms with E-state index >= 15 is 0 Å². The van der Waals surface area contributed by atoms with Crippen molar-refractivity contribution in [2.24, 2.45) is 11.7 Å². The zero-order valence-electron chi connectivity index (χ0n) is 11.9. The van der Waals surface area contributed by atoms with E-state index in [0.717, 1.165) is 43.6 Å². The van der Waals surface area contributed by atoms with Crippen molar-refractivity contribution in [1.82, 2.24) is 0 Å². The average Bonchev–Trinajstić information content (AvgIpc) is 2.87. The second kappa shape index (κ2) is 5.41. The van der Waals surface area contributed by atoms with Crippen LogP contribution < -0.4 is 5.73 Å². The third-order valence-corrected chi connectivity index (χ3v) is 5.55. The van der Waals surface area contributed by atoms with Gasteiger partial charge < -0.3 is 15.2 Å². The predicted octanol–water partition coefficient (Wildman–Crippen LogP) is 3.21. The molecule has 1 aromatic rings. The fraction of sp³-hybridized carbons (Fsp3) is 0.625. The van der Waals surface area contributed by atoms with Crippen molar-refractivity contribution in [2.45, 2.75) is 37.3 Å². The van der Waals surface area contributed by atoms with Crippen LogP contribution in [-0.4, -0.2) is 25.4 Å². The van der Waals surface area contributed by atoms with Crippen LogP contribution in [0.5, 0.6) is 0 Å². The predicted molar refractivity (Wildman–Crippen MR) is 82.5 cm³/mol. The largest absolute Gasteiger partial charge is 0.378 e. The molecule has 0 aromatic heterocycles. The highest BCUT2D eigenvalue weighted by Crippen LogP contribution is 2.43. The molecular weight excluding hydrogens is 318 g/mol. The van der Waals surface area contributed by atoms with E-state index in [1.165, 1.54) is 5.56 Å². The minimum Gasteiger partial charge on any atom is -0.378 e. The van der Waals surface area contributed by atoms with Gasteiger partial charge in [-0.1, -0.05) is 34.1 Å². The molecular formula is C16H22BrNO2. The highest BCUT2D eigenvalue weighted by Gasteiger charge is 2.46. The molecule has 1 aromatic carbocycles. The van der Waals surface area contributed by atoms with Gasteiger partial charge in [0.25, 0.3) is 0 Å². The quantitative estimate of drug-likeness (QED) is 0.899. The molecule has 2 aliphatic rings. The van der Waals surface area contributed by atoms with Gasteiger partial charge in [0.05, 0.1) is 12.2 Å². The van der Waals surface area contributed by atoms with Crippen LogP contribution >= 0.6 is 15.9 Å². The molecule has 0 amide bonds. The molecule has 1 spiro atoms. The van der Waals surface area contributed by atoms with Crippen molar-refractivity contribution in [3.8, 4) is 0 Å². The summed E-state index contributed by atoms with van der Waals surface area (Å²) in [6.07, 6.45) is 2.99. The highest BCUT2D eigenvalue weighted by atomic mass is 79.9. The maximum atomic E-state index is 6.74. The maximum Gasteiger partial charge on any atom is 0.0940 e. The average molecular weight is 340 g/mol. The summed E-state index contributed by atoms with van der Waals surface area (Å²) in [5.74, 6) is 0.414. The van der Waals surface area contributed by atoms with Crippen molar-refractivity contribution >= 4 is 15.9 Å². The molecule has 0 saturated carbocycles. The minimum atomic E-state index is -0.348. The van der Waals surface area contributed by atoms with Gasteiger partial charge in [0.1, 0.15) is 0 Å². The number of benzene rings is 1. The molecule has 20 heavy (non-hydrogen) atoms. The third kappa shape index (κ3) is 2.54. The molecule has 2 saturated heterocycles. The van der Waals surface area contributed by atoms with Gasteiger partial charge in [0.2, 0.25) is 0 Å². The molecule has 3 atom stereocenters. The maximum absolute atomic E-state index is 6.74. The van der Waals surface area contributed by atoms with Crippen molar-refractivity contribution in [3.05, 3.63) is 34.3 Å². The van der Waals surface area contributed by atoms with Gasteiger partial charge in [-0.15, -0.1) is 0 Å². The van der Waals surface area contributed by atoms with Gasteiger partial charge >= 0.3 is 0 Å². The van der Waals surface area contributed by atoms with Crippen molar-refractivity contribution in [3.63, 3.8) is 0 Å². The van der Waals surface area contributed by atoms with E-state index in [4.69, 9.17) is 15.2 Å². The van der Waals surface area contributed by atoms with Crippen LogP contribution in [0.25, 0.3) is 0 Å². The van der Waals surface area contributed by atoms with E-state index in [1.807, 2.05) is 6.07 Å². The fourth-order valence-corrected chi connectivity index (χ4v) is 4.23. The molecule has 0 bridgehead atoms. The van der Waals surface area contributed by atoms with E-state index in [-0.39, 0.29) is 11.1 Å². The van der Waals surface area contributed by atoms with E-state index in [2.05, 4.69) is 41.1 Å². The van der Waals surface area contributed by atoms with Crippen LogP contribution in [-0.2, 0) is 15.0 Å². The molecule has 0 aliphatic carbocycles. The molecule has 3 unspecified atom stereocenters. The Hall–Kier alpha value is -0.420. The summed E-state index contributed by atoms with van der Waals surface area (Å²) < 4.78 is 12.7. The van der Waals surface area contributed by atoms with Crippen LogP contribution in [0.15, 0.2) is 28.7 Å². The number of ether oxygens (including phenoxy) is 2. The molecule has 3 rings (SSSR count). The standard InChI is InChI=1S/C16H22BrNO2/c1-15(18,13-4-2-3-5-14(13)17)12-6-8-20-16(10-12)7-9-19-11-16/h2-5,12H,6-11,18H2,1H3. The zero-order valence-corrected chi connectivity index (χ0v) is 13.5. The Morgan fingerprint density at radius 1 is 1.35 bits per heavy atom. The first-order valence-electron chi connectivity index (χ1n) is 7.29. The Bertz CT molecular complexity index is 483. The molecule has 2 N–H and O–H groups in total. The van der Waals surface area contributed by atoms with Crippen LogP contribution in [0.1, 0.15) is 31.7 Å². The van der Waals surface area contributed by atoms with Gasteiger partial charge in [0, 0.05) is 29.6 Å². The van der Waals surface area contributed by atoms with Gasteiger partial charge in [-0.2, -0.15) is 0 Å². The summed E-state index contributed by atoms with van der Waals surface area (Å²) in [6.45, 7) is 4.45. The molecule has 4 heteroatoms. The van der Waals surface area contributed by atoms with Crippen LogP contribution in [0.3, 0.4) is 0 Å². The number of halogens is 1. The Labute approximate surface area is 129 Å². The van der Waals surface area contributed by atoms with Crippen molar-refractivity contribution < 1.29 is 9.47 Å². The smallest absolute Gasteiger partial charge is 0.0940 e. The monoisotopic (exact) mass is 339 g/mol. The Morgan fingerprint density at radius 3 is 2.85 bits per heavy atom. The third-order valence-electron chi connectivity index (χ3n) is 4.86. The van der Waals surface area contributed by atoms with Gasteiger partial charge in [-0.05, 0) is 37.3 Å². The Kier molecular flexibility index (Phi) is 3.93. The van der Waals surface area contributed by atoms with E-state index in [1.54, 1.807) is 0 Å². The van der Waals surface area contributed by atoms with Gasteiger partial charge in [-0.25, -0.2) is 0 Å². The van der Waals surface area contributed by atoms with E-state index in [9.17, 15) is 0 Å². The topological polar surface area (TPSA) is 44.5 Å². The summed E-state index contributed by atoms with van der Waals surface area (Å²) in [6, 6.07) is 8.27. The minimum absolute atomic E-state index is 0.0925. The second-order valence-corrected chi connectivity index (χ2v) is 7.14. The first kappa shape index (κ1) is 14.5. The Balaban J connectivity index is 1.85. The Morgan fingerprint density at radius 2 is 2.15 bits per heavy atom. The summed E-state index contributed by atoms with van der Waals surface area (Å²) >= 11 is 3.64. The number of rotatable bonds is 2. The fourth-order valence-electron chi connectivity index (χ4n) is 3.52. The lowest BCUT2D eigenvalue weighted by Gasteiger charge is -2.44. The molecule has 2 aliphatic heterocycles. The van der Waals surface area contributed by atoms with E-state index in [0.29, 0.717) is 5.92 Å². The summed E-state index contributed by atoms with van der Waals surface area (Å²) in [5, 5.41) is 0.